The van der Waals surface area contributed by atoms with E-state index in [1.54, 1.807) is 20.8 Å². The number of amides is 1. The highest BCUT2D eigenvalue weighted by Crippen LogP contribution is 2.20. The molecule has 0 bridgehead atoms. The molecule has 0 spiro atoms. The standard InChI is InChI=1S/C10H17N2O4P/c1-10(2,3)15-9(14)12-5-6(13)4-7(12)8(11)16-17/h7,11H,4-5,17H2,1-3H3/t7-/m0/s1. The summed E-state index contributed by atoms with van der Waals surface area (Å²) in [6, 6.07) is -0.658. The molecule has 0 aromatic rings. The highest BCUT2D eigenvalue weighted by atomic mass is 31.0. The third-order valence-electron chi connectivity index (χ3n) is 2.20. The number of likely N-dealkylation sites (tertiary alicyclic amines) is 1. The molecule has 2 atom stereocenters. The summed E-state index contributed by atoms with van der Waals surface area (Å²) in [5, 5.41) is 7.53. The predicted octanol–water partition coefficient (Wildman–Crippen LogP) is 1.35. The zero-order valence-corrected chi connectivity index (χ0v) is 11.3. The molecule has 1 fully saturated rings. The molecule has 6 nitrogen and oxygen atoms in total. The molecule has 0 aliphatic carbocycles. The smallest absolute Gasteiger partial charge is 0.411 e. The van der Waals surface area contributed by atoms with Crippen LogP contribution in [0.2, 0.25) is 0 Å². The van der Waals surface area contributed by atoms with Gasteiger partial charge in [0.1, 0.15) is 11.6 Å². The summed E-state index contributed by atoms with van der Waals surface area (Å²) in [6.07, 6.45) is -0.493. The zero-order chi connectivity index (χ0) is 13.2. The molecule has 0 saturated carbocycles. The lowest BCUT2D eigenvalue weighted by molar-refractivity contribution is -0.117. The van der Waals surface area contributed by atoms with Crippen LogP contribution >= 0.6 is 9.47 Å². The molecule has 0 aromatic carbocycles. The van der Waals surface area contributed by atoms with Crippen molar-refractivity contribution in [2.24, 2.45) is 0 Å². The van der Waals surface area contributed by atoms with E-state index in [4.69, 9.17) is 14.7 Å². The molecule has 0 aromatic heterocycles. The summed E-state index contributed by atoms with van der Waals surface area (Å²) >= 11 is 0. The van der Waals surface area contributed by atoms with E-state index >= 15 is 0 Å². The second kappa shape index (κ2) is 5.00. The van der Waals surface area contributed by atoms with Crippen LogP contribution in [0.15, 0.2) is 0 Å². The number of hydrogen-bond donors (Lipinski definition) is 1. The van der Waals surface area contributed by atoms with Gasteiger partial charge in [0, 0.05) is 6.42 Å². The van der Waals surface area contributed by atoms with Gasteiger partial charge in [-0.3, -0.25) is 15.1 Å². The first-order valence-corrected chi connectivity index (χ1v) is 5.68. The number of ketones is 1. The summed E-state index contributed by atoms with van der Waals surface area (Å²) in [4.78, 5) is 24.4. The van der Waals surface area contributed by atoms with E-state index in [1.807, 2.05) is 9.47 Å². The molecular formula is C10H17N2O4P. The van der Waals surface area contributed by atoms with Gasteiger partial charge in [-0.25, -0.2) is 4.79 Å². The fourth-order valence-corrected chi connectivity index (χ4v) is 1.67. The summed E-state index contributed by atoms with van der Waals surface area (Å²) in [6.45, 7) is 5.20. The summed E-state index contributed by atoms with van der Waals surface area (Å²) in [5.41, 5.74) is -0.628. The van der Waals surface area contributed by atoms with E-state index in [0.29, 0.717) is 0 Å². The van der Waals surface area contributed by atoms with Gasteiger partial charge in [-0.1, -0.05) is 0 Å². The van der Waals surface area contributed by atoms with Crippen LogP contribution in [0, 0.1) is 5.41 Å². The average molecular weight is 260 g/mol. The van der Waals surface area contributed by atoms with Gasteiger partial charge < -0.3 is 9.26 Å². The minimum atomic E-state index is -0.658. The van der Waals surface area contributed by atoms with Gasteiger partial charge in [-0.15, -0.1) is 0 Å². The van der Waals surface area contributed by atoms with Gasteiger partial charge in [0.15, 0.2) is 5.78 Å². The van der Waals surface area contributed by atoms with Gasteiger partial charge in [-0.2, -0.15) is 0 Å². The lowest BCUT2D eigenvalue weighted by atomic mass is 10.2. The Morgan fingerprint density at radius 2 is 2.12 bits per heavy atom. The van der Waals surface area contributed by atoms with E-state index in [0.717, 1.165) is 0 Å². The molecule has 1 aliphatic heterocycles. The molecule has 96 valence electrons. The monoisotopic (exact) mass is 260 g/mol. The van der Waals surface area contributed by atoms with Crippen molar-refractivity contribution in [2.75, 3.05) is 6.54 Å². The molecule has 1 unspecified atom stereocenters. The minimum Gasteiger partial charge on any atom is -0.465 e. The first kappa shape index (κ1) is 13.9. The molecule has 1 N–H and O–H groups in total. The number of Topliss-reactive ketones (excluding diaryl/α,β-unsaturated/α-hetero) is 1. The van der Waals surface area contributed by atoms with E-state index in [2.05, 4.69) is 0 Å². The second-order valence-corrected chi connectivity index (χ2v) is 5.08. The number of carbonyl (C=O) groups is 2. The third kappa shape index (κ3) is 3.66. The Labute approximate surface area is 102 Å². The Morgan fingerprint density at radius 3 is 2.59 bits per heavy atom. The normalized spacial score (nSPS) is 20.4. The Hall–Kier alpha value is -1.16. The maximum absolute atomic E-state index is 11.8. The van der Waals surface area contributed by atoms with Crippen LogP contribution in [0.4, 0.5) is 4.79 Å². The van der Waals surface area contributed by atoms with E-state index in [-0.39, 0.29) is 24.6 Å². The molecule has 1 aliphatic rings. The van der Waals surface area contributed by atoms with Gasteiger partial charge in [-0.05, 0) is 20.8 Å². The van der Waals surface area contributed by atoms with Gasteiger partial charge in [0.25, 0.3) is 0 Å². The molecule has 1 amide bonds. The van der Waals surface area contributed by atoms with Crippen LogP contribution in [-0.2, 0) is 14.1 Å². The Kier molecular flexibility index (Phi) is 4.09. The summed E-state index contributed by atoms with van der Waals surface area (Å²) in [5.74, 6) is -0.237. The minimum absolute atomic E-state index is 0.0318. The quantitative estimate of drug-likeness (QED) is 0.438. The van der Waals surface area contributed by atoms with Crippen molar-refractivity contribution < 1.29 is 18.8 Å². The van der Waals surface area contributed by atoms with E-state index in [1.165, 1.54) is 4.90 Å². The fourth-order valence-electron chi connectivity index (χ4n) is 1.52. The van der Waals surface area contributed by atoms with Crippen molar-refractivity contribution in [1.29, 1.82) is 5.41 Å². The zero-order valence-electron chi connectivity index (χ0n) is 10.1. The number of rotatable bonds is 1. The van der Waals surface area contributed by atoms with Crippen molar-refractivity contribution in [3.8, 4) is 0 Å². The average Bonchev–Trinajstić information content (AvgIpc) is 2.56. The van der Waals surface area contributed by atoms with E-state index < -0.39 is 17.7 Å². The Balaban J connectivity index is 2.77. The van der Waals surface area contributed by atoms with Gasteiger partial charge in [0.05, 0.1) is 16.0 Å². The van der Waals surface area contributed by atoms with Gasteiger partial charge in [0.2, 0.25) is 5.90 Å². The first-order chi connectivity index (χ1) is 7.74. The van der Waals surface area contributed by atoms with Crippen molar-refractivity contribution in [3.63, 3.8) is 0 Å². The number of nitrogens with zero attached hydrogens (tertiary/aromatic N) is 1. The molecule has 7 heteroatoms. The largest absolute Gasteiger partial charge is 0.465 e. The molecule has 1 heterocycles. The molecular weight excluding hydrogens is 243 g/mol. The molecule has 1 saturated heterocycles. The molecule has 1 rings (SSSR count). The maximum atomic E-state index is 11.8. The number of carbonyl (C=O) groups excluding carboxylic acids is 2. The summed E-state index contributed by atoms with van der Waals surface area (Å²) in [7, 11) is 1.93. The number of hydrogen-bond acceptors (Lipinski definition) is 5. The maximum Gasteiger partial charge on any atom is 0.411 e. The Bertz CT molecular complexity index is 351. The fraction of sp³-hybridized carbons (Fsp3) is 0.700. The lowest BCUT2D eigenvalue weighted by Gasteiger charge is -2.27. The topological polar surface area (TPSA) is 79.7 Å². The van der Waals surface area contributed by atoms with Crippen molar-refractivity contribution in [2.45, 2.75) is 38.8 Å². The van der Waals surface area contributed by atoms with Crippen LogP contribution < -0.4 is 0 Å². The molecule has 17 heavy (non-hydrogen) atoms. The lowest BCUT2D eigenvalue weighted by Crippen LogP contribution is -2.43. The van der Waals surface area contributed by atoms with Gasteiger partial charge >= 0.3 is 6.09 Å². The molecule has 0 radical (unpaired) electrons. The van der Waals surface area contributed by atoms with Crippen LogP contribution in [0.3, 0.4) is 0 Å². The SMILES string of the molecule is CC(C)(C)OC(=O)N1CC(=O)C[C@H]1C(=N)OP. The number of ether oxygens (including phenoxy) is 1. The van der Waals surface area contributed by atoms with Crippen molar-refractivity contribution in [3.05, 3.63) is 0 Å². The Morgan fingerprint density at radius 1 is 1.53 bits per heavy atom. The van der Waals surface area contributed by atoms with Crippen LogP contribution in [0.25, 0.3) is 0 Å². The van der Waals surface area contributed by atoms with Crippen LogP contribution in [-0.4, -0.2) is 40.9 Å². The van der Waals surface area contributed by atoms with Crippen LogP contribution in [0.1, 0.15) is 27.2 Å². The highest BCUT2D eigenvalue weighted by Gasteiger charge is 2.39. The highest BCUT2D eigenvalue weighted by molar-refractivity contribution is 7.10. The summed E-state index contributed by atoms with van der Waals surface area (Å²) < 4.78 is 9.86. The first-order valence-electron chi connectivity index (χ1n) is 5.21. The third-order valence-corrected chi connectivity index (χ3v) is 2.46. The van der Waals surface area contributed by atoms with Crippen LogP contribution in [0.5, 0.6) is 0 Å². The predicted molar refractivity (Wildman–Crippen MR) is 64.9 cm³/mol. The second-order valence-electron chi connectivity index (χ2n) is 4.85. The van der Waals surface area contributed by atoms with E-state index in [9.17, 15) is 9.59 Å². The van der Waals surface area contributed by atoms with Crippen molar-refractivity contribution >= 4 is 27.2 Å². The number of nitrogens with one attached hydrogen (secondary N) is 1. The van der Waals surface area contributed by atoms with Crippen molar-refractivity contribution in [1.82, 2.24) is 4.90 Å².